The standard InChI is InChI=1S/C5H6F3/c6-4-1-2-5(7,8)3-4/h2,4H,1,3H2. The van der Waals surface area contributed by atoms with Gasteiger partial charge in [0.05, 0.1) is 0 Å². The van der Waals surface area contributed by atoms with Crippen LogP contribution in [0.1, 0.15) is 12.8 Å². The van der Waals surface area contributed by atoms with E-state index in [9.17, 15) is 13.2 Å². The van der Waals surface area contributed by atoms with Crippen molar-refractivity contribution in [2.45, 2.75) is 24.9 Å². The summed E-state index contributed by atoms with van der Waals surface area (Å²) in [4.78, 5) is 0. The van der Waals surface area contributed by atoms with E-state index in [-0.39, 0.29) is 6.42 Å². The van der Waals surface area contributed by atoms with Gasteiger partial charge in [0.1, 0.15) is 6.17 Å². The van der Waals surface area contributed by atoms with Crippen LogP contribution in [0.2, 0.25) is 0 Å². The molecule has 1 atom stereocenters. The zero-order valence-corrected chi connectivity index (χ0v) is 4.20. The highest BCUT2D eigenvalue weighted by Gasteiger charge is 2.39. The maximum absolute atomic E-state index is 11.9. The van der Waals surface area contributed by atoms with E-state index in [0.717, 1.165) is 6.42 Å². The van der Waals surface area contributed by atoms with Crippen molar-refractivity contribution in [2.24, 2.45) is 0 Å². The zero-order chi connectivity index (χ0) is 6.20. The fourth-order valence-electron chi connectivity index (χ4n) is 0.762. The first kappa shape index (κ1) is 5.92. The second-order valence-corrected chi connectivity index (χ2v) is 2.00. The van der Waals surface area contributed by atoms with E-state index < -0.39 is 18.5 Å². The minimum Gasteiger partial charge on any atom is -0.247 e. The lowest BCUT2D eigenvalue weighted by Crippen LogP contribution is -2.10. The summed E-state index contributed by atoms with van der Waals surface area (Å²) in [6.07, 6.45) is -1.29. The number of alkyl halides is 3. The molecule has 1 radical (unpaired) electrons. The smallest absolute Gasteiger partial charge is 0.247 e. The summed E-state index contributed by atoms with van der Waals surface area (Å²) in [7, 11) is 0. The highest BCUT2D eigenvalue weighted by molar-refractivity contribution is 4.95. The molecule has 0 bridgehead atoms. The lowest BCUT2D eigenvalue weighted by atomic mass is 10.3. The molecule has 1 aliphatic rings. The Hall–Kier alpha value is -0.210. The van der Waals surface area contributed by atoms with Crippen molar-refractivity contribution in [1.29, 1.82) is 0 Å². The second kappa shape index (κ2) is 1.64. The molecule has 1 unspecified atom stereocenters. The van der Waals surface area contributed by atoms with Crippen molar-refractivity contribution in [3.8, 4) is 0 Å². The third-order valence-corrected chi connectivity index (χ3v) is 1.17. The minimum absolute atomic E-state index is 0.0903. The van der Waals surface area contributed by atoms with E-state index in [4.69, 9.17) is 0 Å². The Bertz CT molecular complexity index is 89.7. The minimum atomic E-state index is -2.83. The van der Waals surface area contributed by atoms with Gasteiger partial charge in [0.25, 0.3) is 5.92 Å². The van der Waals surface area contributed by atoms with Crippen LogP contribution in [0.3, 0.4) is 0 Å². The Morgan fingerprint density at radius 1 is 1.50 bits per heavy atom. The Morgan fingerprint density at radius 2 is 2.12 bits per heavy atom. The molecular weight excluding hydrogens is 117 g/mol. The van der Waals surface area contributed by atoms with E-state index in [2.05, 4.69) is 0 Å². The molecule has 0 heterocycles. The van der Waals surface area contributed by atoms with E-state index in [0.29, 0.717) is 0 Å². The summed E-state index contributed by atoms with van der Waals surface area (Å²) in [5, 5.41) is 0. The van der Waals surface area contributed by atoms with Crippen LogP contribution >= 0.6 is 0 Å². The number of hydrogen-bond acceptors (Lipinski definition) is 0. The summed E-state index contributed by atoms with van der Waals surface area (Å²) in [5.41, 5.74) is 0. The van der Waals surface area contributed by atoms with Crippen molar-refractivity contribution < 1.29 is 13.2 Å². The summed E-state index contributed by atoms with van der Waals surface area (Å²) >= 11 is 0. The van der Waals surface area contributed by atoms with Gasteiger partial charge in [0, 0.05) is 12.8 Å². The number of hydrogen-bond donors (Lipinski definition) is 0. The van der Waals surface area contributed by atoms with Gasteiger partial charge in [0.2, 0.25) is 0 Å². The van der Waals surface area contributed by atoms with Crippen LogP contribution < -0.4 is 0 Å². The van der Waals surface area contributed by atoms with Crippen LogP contribution in [0.4, 0.5) is 13.2 Å². The van der Waals surface area contributed by atoms with Crippen molar-refractivity contribution >= 4 is 0 Å². The van der Waals surface area contributed by atoms with E-state index in [1.807, 2.05) is 0 Å². The van der Waals surface area contributed by atoms with Crippen LogP contribution in [-0.2, 0) is 0 Å². The van der Waals surface area contributed by atoms with Crippen LogP contribution in [0.15, 0.2) is 0 Å². The molecule has 0 N–H and O–H groups in total. The van der Waals surface area contributed by atoms with Gasteiger partial charge in [-0.1, -0.05) is 0 Å². The topological polar surface area (TPSA) is 0 Å². The highest BCUT2D eigenvalue weighted by Crippen LogP contribution is 2.35. The predicted octanol–water partition coefficient (Wildman–Crippen LogP) is 1.96. The third kappa shape index (κ3) is 1.14. The fourth-order valence-corrected chi connectivity index (χ4v) is 0.762. The second-order valence-electron chi connectivity index (χ2n) is 2.00. The molecule has 0 saturated heterocycles. The van der Waals surface area contributed by atoms with E-state index >= 15 is 0 Å². The fraction of sp³-hybridized carbons (Fsp3) is 0.800. The van der Waals surface area contributed by atoms with Gasteiger partial charge in [-0.2, -0.15) is 0 Å². The van der Waals surface area contributed by atoms with Gasteiger partial charge < -0.3 is 0 Å². The summed E-state index contributed by atoms with van der Waals surface area (Å²) < 4.78 is 35.7. The molecule has 0 aromatic rings. The summed E-state index contributed by atoms with van der Waals surface area (Å²) in [6, 6.07) is 0. The predicted molar refractivity (Wildman–Crippen MR) is 23.4 cm³/mol. The quantitative estimate of drug-likeness (QED) is 0.462. The Labute approximate surface area is 45.7 Å². The van der Waals surface area contributed by atoms with Crippen LogP contribution in [-0.4, -0.2) is 12.1 Å². The maximum Gasteiger partial charge on any atom is 0.254 e. The number of halogens is 3. The van der Waals surface area contributed by atoms with Gasteiger partial charge in [-0.05, 0) is 6.42 Å². The molecule has 8 heavy (non-hydrogen) atoms. The molecular formula is C5H6F3. The first-order chi connectivity index (χ1) is 3.60. The van der Waals surface area contributed by atoms with Crippen molar-refractivity contribution in [3.05, 3.63) is 6.42 Å². The normalized spacial score (nSPS) is 35.6. The molecule has 1 aliphatic carbocycles. The van der Waals surface area contributed by atoms with Crippen molar-refractivity contribution in [1.82, 2.24) is 0 Å². The molecule has 1 fully saturated rings. The average molecular weight is 123 g/mol. The monoisotopic (exact) mass is 123 g/mol. The van der Waals surface area contributed by atoms with Gasteiger partial charge in [-0.15, -0.1) is 0 Å². The van der Waals surface area contributed by atoms with Crippen molar-refractivity contribution in [2.75, 3.05) is 0 Å². The van der Waals surface area contributed by atoms with E-state index in [1.165, 1.54) is 0 Å². The lowest BCUT2D eigenvalue weighted by Gasteiger charge is -2.03. The first-order valence-corrected chi connectivity index (χ1v) is 2.46. The zero-order valence-electron chi connectivity index (χ0n) is 4.20. The van der Waals surface area contributed by atoms with Gasteiger partial charge in [-0.25, -0.2) is 13.2 Å². The Balaban J connectivity index is 2.44. The molecule has 3 heteroatoms. The van der Waals surface area contributed by atoms with Gasteiger partial charge >= 0.3 is 0 Å². The van der Waals surface area contributed by atoms with Crippen LogP contribution in [0.25, 0.3) is 0 Å². The average Bonchev–Trinajstić information content (AvgIpc) is 1.82. The molecule has 0 aliphatic heterocycles. The molecule has 1 rings (SSSR count). The highest BCUT2D eigenvalue weighted by atomic mass is 19.3. The Morgan fingerprint density at radius 3 is 2.25 bits per heavy atom. The molecule has 0 aromatic carbocycles. The van der Waals surface area contributed by atoms with Crippen molar-refractivity contribution in [3.63, 3.8) is 0 Å². The van der Waals surface area contributed by atoms with Gasteiger partial charge in [-0.3, -0.25) is 0 Å². The van der Waals surface area contributed by atoms with E-state index in [1.54, 1.807) is 0 Å². The number of rotatable bonds is 0. The lowest BCUT2D eigenvalue weighted by molar-refractivity contribution is 0.0349. The molecule has 0 amide bonds. The summed E-state index contributed by atoms with van der Waals surface area (Å²) in [6.45, 7) is 0. The summed E-state index contributed by atoms with van der Waals surface area (Å²) in [5.74, 6) is -2.83. The largest absolute Gasteiger partial charge is 0.254 e. The molecule has 0 aromatic heterocycles. The third-order valence-electron chi connectivity index (χ3n) is 1.17. The Kier molecular flexibility index (Phi) is 1.21. The van der Waals surface area contributed by atoms with Gasteiger partial charge in [0.15, 0.2) is 0 Å². The van der Waals surface area contributed by atoms with Crippen LogP contribution in [0.5, 0.6) is 0 Å². The molecule has 1 saturated carbocycles. The SMILES string of the molecule is FC1C[CH]C(F)(F)C1. The molecule has 0 spiro atoms. The molecule has 0 nitrogen and oxygen atoms in total. The maximum atomic E-state index is 11.9. The van der Waals surface area contributed by atoms with Crippen LogP contribution in [0, 0.1) is 6.42 Å². The first-order valence-electron chi connectivity index (χ1n) is 2.46. The molecule has 47 valence electrons.